The number of aromatic nitrogens is 5. The number of aromatic amines is 1. The van der Waals surface area contributed by atoms with Crippen molar-refractivity contribution >= 4 is 11.8 Å². The highest BCUT2D eigenvalue weighted by Gasteiger charge is 2.15. The Morgan fingerprint density at radius 3 is 2.58 bits per heavy atom. The van der Waals surface area contributed by atoms with E-state index in [0.717, 1.165) is 29.3 Å². The van der Waals surface area contributed by atoms with Crippen LogP contribution in [0.25, 0.3) is 0 Å². The molecular formula is C12H19N7. The number of hydrogen-bond acceptors (Lipinski definition) is 6. The van der Waals surface area contributed by atoms with Gasteiger partial charge in [0, 0.05) is 11.3 Å². The second kappa shape index (κ2) is 5.21. The van der Waals surface area contributed by atoms with E-state index in [0.29, 0.717) is 5.82 Å². The minimum Gasteiger partial charge on any atom is -0.368 e. The van der Waals surface area contributed by atoms with E-state index in [4.69, 9.17) is 5.73 Å². The summed E-state index contributed by atoms with van der Waals surface area (Å²) in [5.74, 6) is 2.52. The molecule has 0 saturated carbocycles. The Morgan fingerprint density at radius 2 is 2.00 bits per heavy atom. The van der Waals surface area contributed by atoms with Crippen LogP contribution in [0, 0.1) is 13.8 Å². The second-order valence-corrected chi connectivity index (χ2v) is 4.49. The van der Waals surface area contributed by atoms with Crippen molar-refractivity contribution < 1.29 is 0 Å². The Kier molecular flexibility index (Phi) is 3.64. The van der Waals surface area contributed by atoms with Crippen LogP contribution < -0.4 is 11.1 Å². The normalized spacial score (nSPS) is 12.4. The van der Waals surface area contributed by atoms with Crippen molar-refractivity contribution in [3.63, 3.8) is 0 Å². The van der Waals surface area contributed by atoms with E-state index in [1.807, 2.05) is 20.8 Å². The minimum atomic E-state index is -0.0519. The molecule has 102 valence electrons. The fourth-order valence-electron chi connectivity index (χ4n) is 1.98. The van der Waals surface area contributed by atoms with Gasteiger partial charge >= 0.3 is 0 Å². The molecule has 0 bridgehead atoms. The number of nitrogens with one attached hydrogen (secondary N) is 2. The Morgan fingerprint density at radius 1 is 1.26 bits per heavy atom. The zero-order chi connectivity index (χ0) is 14.0. The van der Waals surface area contributed by atoms with Gasteiger partial charge in [0.25, 0.3) is 0 Å². The maximum Gasteiger partial charge on any atom is 0.222 e. The van der Waals surface area contributed by atoms with E-state index in [1.54, 1.807) is 0 Å². The average molecular weight is 261 g/mol. The molecular weight excluding hydrogens is 242 g/mol. The van der Waals surface area contributed by atoms with Gasteiger partial charge in [0.15, 0.2) is 5.82 Å². The molecule has 0 saturated heterocycles. The van der Waals surface area contributed by atoms with E-state index in [2.05, 4.69) is 37.4 Å². The van der Waals surface area contributed by atoms with Gasteiger partial charge in [0.05, 0.1) is 6.04 Å². The van der Waals surface area contributed by atoms with Gasteiger partial charge in [-0.25, -0.2) is 9.97 Å². The van der Waals surface area contributed by atoms with Gasteiger partial charge in [0.2, 0.25) is 5.95 Å². The molecule has 7 heteroatoms. The molecule has 1 atom stereocenters. The second-order valence-electron chi connectivity index (χ2n) is 4.49. The number of hydrogen-bond donors (Lipinski definition) is 3. The molecule has 0 amide bonds. The van der Waals surface area contributed by atoms with Crippen molar-refractivity contribution in [2.45, 2.75) is 40.2 Å². The van der Waals surface area contributed by atoms with Gasteiger partial charge in [0.1, 0.15) is 11.6 Å². The average Bonchev–Trinajstić information content (AvgIpc) is 2.75. The van der Waals surface area contributed by atoms with Gasteiger partial charge in [-0.1, -0.05) is 6.92 Å². The number of nitrogens with zero attached hydrogens (tertiary/aromatic N) is 4. The predicted molar refractivity (Wildman–Crippen MR) is 73.7 cm³/mol. The topological polar surface area (TPSA) is 105 Å². The number of aryl methyl sites for hydroxylation is 2. The first-order valence-electron chi connectivity index (χ1n) is 6.29. The van der Waals surface area contributed by atoms with Crippen LogP contribution >= 0.6 is 0 Å². The third kappa shape index (κ3) is 2.81. The molecule has 2 rings (SSSR count). The zero-order valence-corrected chi connectivity index (χ0v) is 11.7. The van der Waals surface area contributed by atoms with Crippen molar-refractivity contribution in [1.82, 2.24) is 25.1 Å². The fraction of sp³-hybridized carbons (Fsp3) is 0.500. The monoisotopic (exact) mass is 261 g/mol. The molecule has 7 nitrogen and oxygen atoms in total. The van der Waals surface area contributed by atoms with Crippen LogP contribution in [0.4, 0.5) is 11.8 Å². The molecule has 2 heterocycles. The summed E-state index contributed by atoms with van der Waals surface area (Å²) in [6.45, 7) is 7.85. The third-order valence-electron chi connectivity index (χ3n) is 2.94. The van der Waals surface area contributed by atoms with Crippen molar-refractivity contribution in [3.05, 3.63) is 22.9 Å². The van der Waals surface area contributed by atoms with Gasteiger partial charge in [-0.05, 0) is 27.2 Å². The van der Waals surface area contributed by atoms with Crippen molar-refractivity contribution in [2.24, 2.45) is 0 Å². The first-order valence-corrected chi connectivity index (χ1v) is 6.29. The van der Waals surface area contributed by atoms with E-state index in [1.165, 1.54) is 0 Å². The Labute approximate surface area is 112 Å². The minimum absolute atomic E-state index is 0.0519. The van der Waals surface area contributed by atoms with Crippen LogP contribution in [0.2, 0.25) is 0 Å². The number of H-pyrrole nitrogens is 1. The molecule has 2 aromatic rings. The molecule has 0 aliphatic rings. The molecule has 2 aromatic heterocycles. The zero-order valence-electron chi connectivity index (χ0n) is 11.7. The predicted octanol–water partition coefficient (Wildman–Crippen LogP) is 1.53. The van der Waals surface area contributed by atoms with Gasteiger partial charge in [-0.15, -0.1) is 0 Å². The first-order chi connectivity index (χ1) is 9.01. The summed E-state index contributed by atoms with van der Waals surface area (Å²) in [6, 6.07) is -0.0519. The van der Waals surface area contributed by atoms with Crippen LogP contribution in [-0.4, -0.2) is 25.1 Å². The number of nitrogen functional groups attached to an aromatic ring is 1. The lowest BCUT2D eigenvalue weighted by Crippen LogP contribution is -2.14. The highest BCUT2D eigenvalue weighted by Crippen LogP contribution is 2.22. The molecule has 0 unspecified atom stereocenters. The summed E-state index contributed by atoms with van der Waals surface area (Å²) in [7, 11) is 0. The molecule has 0 aliphatic heterocycles. The Hall–Kier alpha value is -2.18. The summed E-state index contributed by atoms with van der Waals surface area (Å²) in [6.07, 6.45) is 0.841. The lowest BCUT2D eigenvalue weighted by molar-refractivity contribution is 0.784. The Bertz CT molecular complexity index is 575. The largest absolute Gasteiger partial charge is 0.368 e. The van der Waals surface area contributed by atoms with E-state index < -0.39 is 0 Å². The molecule has 0 radical (unpaired) electrons. The van der Waals surface area contributed by atoms with Crippen LogP contribution in [0.3, 0.4) is 0 Å². The smallest absolute Gasteiger partial charge is 0.222 e. The maximum atomic E-state index is 5.70. The number of anilines is 2. The maximum absolute atomic E-state index is 5.70. The lowest BCUT2D eigenvalue weighted by atomic mass is 10.1. The SMILES string of the molecule is CCc1c(C)nc(N)nc1N[C@H](C)c1n[nH]c(C)n1. The molecule has 19 heavy (non-hydrogen) atoms. The number of nitrogens with two attached hydrogens (primary N) is 1. The summed E-state index contributed by atoms with van der Waals surface area (Å²) in [4.78, 5) is 12.7. The highest BCUT2D eigenvalue weighted by molar-refractivity contribution is 5.50. The van der Waals surface area contributed by atoms with Crippen LogP contribution in [0.1, 0.15) is 42.8 Å². The van der Waals surface area contributed by atoms with E-state index >= 15 is 0 Å². The van der Waals surface area contributed by atoms with Gasteiger partial charge in [-0.2, -0.15) is 10.1 Å². The van der Waals surface area contributed by atoms with Gasteiger partial charge in [-0.3, -0.25) is 5.10 Å². The summed E-state index contributed by atoms with van der Waals surface area (Å²) < 4.78 is 0. The fourth-order valence-corrected chi connectivity index (χ4v) is 1.98. The molecule has 0 aliphatic carbocycles. The summed E-state index contributed by atoms with van der Waals surface area (Å²) in [5, 5.41) is 10.3. The quantitative estimate of drug-likeness (QED) is 0.770. The Balaban J connectivity index is 2.27. The molecule has 0 fully saturated rings. The third-order valence-corrected chi connectivity index (χ3v) is 2.94. The summed E-state index contributed by atoms with van der Waals surface area (Å²) >= 11 is 0. The lowest BCUT2D eigenvalue weighted by Gasteiger charge is -2.15. The van der Waals surface area contributed by atoms with Gasteiger partial charge < -0.3 is 11.1 Å². The highest BCUT2D eigenvalue weighted by atomic mass is 15.2. The molecule has 0 aromatic carbocycles. The van der Waals surface area contributed by atoms with Crippen molar-refractivity contribution in [2.75, 3.05) is 11.1 Å². The van der Waals surface area contributed by atoms with Crippen molar-refractivity contribution in [1.29, 1.82) is 0 Å². The van der Waals surface area contributed by atoms with E-state index in [-0.39, 0.29) is 12.0 Å². The molecule has 4 N–H and O–H groups in total. The van der Waals surface area contributed by atoms with Crippen LogP contribution in [0.5, 0.6) is 0 Å². The number of rotatable bonds is 4. The van der Waals surface area contributed by atoms with Crippen LogP contribution in [-0.2, 0) is 6.42 Å². The standard InChI is InChI=1S/C12H19N7/c1-5-9-6(2)15-12(13)17-11(9)14-7(3)10-16-8(4)18-19-10/h7H,5H2,1-4H3,(H,16,18,19)(H3,13,14,15,17)/t7-/m1/s1. The van der Waals surface area contributed by atoms with Crippen LogP contribution in [0.15, 0.2) is 0 Å². The van der Waals surface area contributed by atoms with Crippen molar-refractivity contribution in [3.8, 4) is 0 Å². The van der Waals surface area contributed by atoms with E-state index in [9.17, 15) is 0 Å². The first kappa shape index (κ1) is 13.3. The molecule has 0 spiro atoms. The summed E-state index contributed by atoms with van der Waals surface area (Å²) in [5.41, 5.74) is 7.66.